The number of rotatable bonds is 6. The smallest absolute Gasteiger partial charge is 0.263 e. The minimum atomic E-state index is 0.0596. The number of nitrogens with one attached hydrogen (secondary N) is 1. The Labute approximate surface area is 100 Å². The van der Waals surface area contributed by atoms with Gasteiger partial charge in [-0.05, 0) is 20.0 Å². The molecule has 0 bridgehead atoms. The number of hydrogen-bond acceptors (Lipinski definition) is 4. The van der Waals surface area contributed by atoms with Crippen LogP contribution in [0.15, 0.2) is 11.4 Å². The minimum absolute atomic E-state index is 0.0596. The fourth-order valence-corrected chi connectivity index (χ4v) is 2.17. The van der Waals surface area contributed by atoms with Crippen LogP contribution in [0.2, 0.25) is 0 Å². The minimum Gasteiger partial charge on any atom is -0.496 e. The topological polar surface area (TPSA) is 41.6 Å². The van der Waals surface area contributed by atoms with Crippen molar-refractivity contribution in [3.63, 3.8) is 0 Å². The van der Waals surface area contributed by atoms with Gasteiger partial charge in [0, 0.05) is 25.0 Å². The van der Waals surface area contributed by atoms with Crippen molar-refractivity contribution in [1.82, 2.24) is 10.2 Å². The fourth-order valence-electron chi connectivity index (χ4n) is 1.32. The van der Waals surface area contributed by atoms with Gasteiger partial charge in [-0.1, -0.05) is 0 Å². The molecule has 0 aliphatic carbocycles. The van der Waals surface area contributed by atoms with E-state index in [1.165, 1.54) is 11.3 Å². The Hall–Kier alpha value is -1.07. The van der Waals surface area contributed by atoms with Gasteiger partial charge in [0.25, 0.3) is 5.91 Å². The molecule has 0 saturated heterocycles. The maximum atomic E-state index is 11.9. The molecule has 90 valence electrons. The molecular formula is C11H18N2O2S. The summed E-state index contributed by atoms with van der Waals surface area (Å²) < 4.78 is 5.05. The fraction of sp³-hybridized carbons (Fsp3) is 0.545. The summed E-state index contributed by atoms with van der Waals surface area (Å²) in [6.07, 6.45) is 0.960. The first-order valence-electron chi connectivity index (χ1n) is 5.21. The number of methoxy groups -OCH3 is 1. The van der Waals surface area contributed by atoms with Gasteiger partial charge in [0.2, 0.25) is 0 Å². The van der Waals surface area contributed by atoms with Crippen LogP contribution in [0, 0.1) is 0 Å². The molecule has 1 rings (SSSR count). The van der Waals surface area contributed by atoms with E-state index < -0.39 is 0 Å². The van der Waals surface area contributed by atoms with Gasteiger partial charge >= 0.3 is 0 Å². The third-order valence-corrected chi connectivity index (χ3v) is 3.19. The summed E-state index contributed by atoms with van der Waals surface area (Å²) >= 11 is 1.42. The molecule has 1 amide bonds. The highest BCUT2D eigenvalue weighted by molar-refractivity contribution is 7.12. The van der Waals surface area contributed by atoms with Crippen molar-refractivity contribution in [1.29, 1.82) is 0 Å². The lowest BCUT2D eigenvalue weighted by Crippen LogP contribution is -2.28. The number of carbonyl (C=O) groups is 1. The molecule has 1 aromatic heterocycles. The zero-order valence-electron chi connectivity index (χ0n) is 9.95. The van der Waals surface area contributed by atoms with E-state index in [1.54, 1.807) is 18.1 Å². The van der Waals surface area contributed by atoms with Crippen LogP contribution in [-0.2, 0) is 0 Å². The molecule has 0 fully saturated rings. The molecule has 1 aromatic rings. The molecule has 0 aliphatic heterocycles. The first kappa shape index (κ1) is 13.0. The van der Waals surface area contributed by atoms with Crippen LogP contribution in [-0.4, -0.2) is 45.1 Å². The van der Waals surface area contributed by atoms with Crippen molar-refractivity contribution in [3.05, 3.63) is 16.3 Å². The number of thiophene rings is 1. The second-order valence-corrected chi connectivity index (χ2v) is 4.45. The van der Waals surface area contributed by atoms with Gasteiger partial charge in [0.1, 0.15) is 5.75 Å². The average Bonchev–Trinajstić information content (AvgIpc) is 2.76. The predicted molar refractivity (Wildman–Crippen MR) is 66.4 cm³/mol. The SMILES string of the molecule is CNCCCN(C)C(=O)c1cc(OC)cs1. The van der Waals surface area contributed by atoms with E-state index in [1.807, 2.05) is 19.5 Å². The highest BCUT2D eigenvalue weighted by Crippen LogP contribution is 2.22. The number of hydrogen-bond donors (Lipinski definition) is 1. The maximum absolute atomic E-state index is 11.9. The second-order valence-electron chi connectivity index (χ2n) is 3.53. The summed E-state index contributed by atoms with van der Waals surface area (Å²) in [6, 6.07) is 1.78. The molecule has 0 atom stereocenters. The predicted octanol–water partition coefficient (Wildman–Crippen LogP) is 1.44. The first-order valence-corrected chi connectivity index (χ1v) is 6.09. The molecule has 4 nitrogen and oxygen atoms in total. The third-order valence-electron chi connectivity index (χ3n) is 2.29. The Balaban J connectivity index is 2.49. The van der Waals surface area contributed by atoms with Crippen molar-refractivity contribution < 1.29 is 9.53 Å². The first-order chi connectivity index (χ1) is 7.69. The quantitative estimate of drug-likeness (QED) is 0.767. The molecule has 0 aliphatic rings. The average molecular weight is 242 g/mol. The van der Waals surface area contributed by atoms with Crippen LogP contribution in [0.1, 0.15) is 16.1 Å². The number of ether oxygens (including phenoxy) is 1. The van der Waals surface area contributed by atoms with E-state index in [-0.39, 0.29) is 5.91 Å². The van der Waals surface area contributed by atoms with Crippen LogP contribution < -0.4 is 10.1 Å². The summed E-state index contributed by atoms with van der Waals surface area (Å²) in [4.78, 5) is 14.4. The Morgan fingerprint density at radius 1 is 1.62 bits per heavy atom. The lowest BCUT2D eigenvalue weighted by atomic mass is 10.3. The van der Waals surface area contributed by atoms with Gasteiger partial charge in [-0.3, -0.25) is 4.79 Å². The van der Waals surface area contributed by atoms with Crippen LogP contribution in [0.4, 0.5) is 0 Å². The molecule has 0 unspecified atom stereocenters. The molecule has 5 heteroatoms. The molecule has 1 heterocycles. The van der Waals surface area contributed by atoms with Gasteiger partial charge in [0.15, 0.2) is 0 Å². The second kappa shape index (κ2) is 6.50. The van der Waals surface area contributed by atoms with Crippen LogP contribution in [0.5, 0.6) is 5.75 Å². The molecule has 0 aromatic carbocycles. The summed E-state index contributed by atoms with van der Waals surface area (Å²) in [7, 11) is 5.34. The number of amides is 1. The monoisotopic (exact) mass is 242 g/mol. The van der Waals surface area contributed by atoms with Crippen molar-refractivity contribution in [2.45, 2.75) is 6.42 Å². The standard InChI is InChI=1S/C11H18N2O2S/c1-12-5-4-6-13(2)11(14)10-7-9(15-3)8-16-10/h7-8,12H,4-6H2,1-3H3. The lowest BCUT2D eigenvalue weighted by Gasteiger charge is -2.15. The van der Waals surface area contributed by atoms with E-state index in [9.17, 15) is 4.79 Å². The molecule has 16 heavy (non-hydrogen) atoms. The van der Waals surface area contributed by atoms with E-state index in [0.717, 1.165) is 30.1 Å². The maximum Gasteiger partial charge on any atom is 0.263 e. The molecular weight excluding hydrogens is 224 g/mol. The number of carbonyl (C=O) groups excluding carboxylic acids is 1. The van der Waals surface area contributed by atoms with Gasteiger partial charge in [-0.15, -0.1) is 11.3 Å². The lowest BCUT2D eigenvalue weighted by molar-refractivity contribution is 0.0798. The Bertz CT molecular complexity index is 338. The van der Waals surface area contributed by atoms with Crippen molar-refractivity contribution in [3.8, 4) is 5.75 Å². The zero-order chi connectivity index (χ0) is 12.0. The zero-order valence-corrected chi connectivity index (χ0v) is 10.8. The van der Waals surface area contributed by atoms with Crippen molar-refractivity contribution in [2.75, 3.05) is 34.3 Å². The molecule has 0 spiro atoms. The summed E-state index contributed by atoms with van der Waals surface area (Å²) in [5, 5.41) is 4.90. The van der Waals surface area contributed by atoms with Gasteiger partial charge in [-0.2, -0.15) is 0 Å². The normalized spacial score (nSPS) is 10.2. The Kier molecular flexibility index (Phi) is 5.28. The summed E-state index contributed by atoms with van der Waals surface area (Å²) in [6.45, 7) is 1.69. The largest absolute Gasteiger partial charge is 0.496 e. The van der Waals surface area contributed by atoms with Crippen LogP contribution in [0.3, 0.4) is 0 Å². The highest BCUT2D eigenvalue weighted by Gasteiger charge is 2.13. The summed E-state index contributed by atoms with van der Waals surface area (Å²) in [5.74, 6) is 0.807. The van der Waals surface area contributed by atoms with Crippen molar-refractivity contribution in [2.24, 2.45) is 0 Å². The van der Waals surface area contributed by atoms with E-state index in [2.05, 4.69) is 5.32 Å². The van der Waals surface area contributed by atoms with Crippen molar-refractivity contribution >= 4 is 17.2 Å². The van der Waals surface area contributed by atoms with E-state index in [0.29, 0.717) is 0 Å². The number of nitrogens with zero attached hydrogens (tertiary/aromatic N) is 1. The molecule has 0 radical (unpaired) electrons. The van der Waals surface area contributed by atoms with Gasteiger partial charge in [0.05, 0.1) is 12.0 Å². The van der Waals surface area contributed by atoms with Gasteiger partial charge < -0.3 is 15.0 Å². The van der Waals surface area contributed by atoms with Gasteiger partial charge in [-0.25, -0.2) is 0 Å². The molecule has 1 N–H and O–H groups in total. The molecule has 0 saturated carbocycles. The Morgan fingerprint density at radius 3 is 2.94 bits per heavy atom. The van der Waals surface area contributed by atoms with E-state index >= 15 is 0 Å². The van der Waals surface area contributed by atoms with Crippen LogP contribution in [0.25, 0.3) is 0 Å². The van der Waals surface area contributed by atoms with E-state index in [4.69, 9.17) is 4.74 Å². The van der Waals surface area contributed by atoms with Crippen LogP contribution >= 0.6 is 11.3 Å². The Morgan fingerprint density at radius 2 is 2.38 bits per heavy atom. The third kappa shape index (κ3) is 3.50. The summed E-state index contributed by atoms with van der Waals surface area (Å²) in [5.41, 5.74) is 0. The highest BCUT2D eigenvalue weighted by atomic mass is 32.1.